The molecule has 0 aromatic carbocycles. The lowest BCUT2D eigenvalue weighted by atomic mass is 10.0. The molecule has 23 heavy (non-hydrogen) atoms. The van der Waals surface area contributed by atoms with Crippen molar-refractivity contribution >= 4 is 7.32 Å². The summed E-state index contributed by atoms with van der Waals surface area (Å²) in [7, 11) is -1.73. The normalized spacial score (nSPS) is 11.1. The van der Waals surface area contributed by atoms with Crippen LogP contribution in [0.2, 0.25) is 0 Å². The highest BCUT2D eigenvalue weighted by Gasteiger charge is 2.06. The van der Waals surface area contributed by atoms with Crippen LogP contribution >= 0.6 is 0 Å². The van der Waals surface area contributed by atoms with Crippen LogP contribution in [0.25, 0.3) is 0 Å². The van der Waals surface area contributed by atoms with Crippen LogP contribution in [-0.4, -0.2) is 30.8 Å². The lowest BCUT2D eigenvalue weighted by Crippen LogP contribution is -2.18. The zero-order valence-electron chi connectivity index (χ0n) is 15.3. The number of rotatable bonds is 19. The Morgan fingerprint density at radius 3 is 1.39 bits per heavy atom. The molecule has 0 aromatic heterocycles. The Hall–Kier alpha value is -0.0951. The number of ether oxygens (including phenoxy) is 1. The Morgan fingerprint density at radius 2 is 1.00 bits per heavy atom. The Kier molecular flexibility index (Phi) is 19.9. The van der Waals surface area contributed by atoms with Crippen molar-refractivity contribution in [1.82, 2.24) is 0 Å². The van der Waals surface area contributed by atoms with E-state index < -0.39 is 7.32 Å². The van der Waals surface area contributed by atoms with Gasteiger partial charge in [-0.25, -0.2) is 0 Å². The molecule has 0 rings (SSSR count). The summed E-state index contributed by atoms with van der Waals surface area (Å²) < 4.78 is 9.57. The molecular formula is C18H39BO4. The molecule has 0 amide bonds. The predicted molar refractivity (Wildman–Crippen MR) is 97.0 cm³/mol. The van der Waals surface area contributed by atoms with Crippen molar-refractivity contribution in [3.05, 3.63) is 0 Å². The van der Waals surface area contributed by atoms with E-state index >= 15 is 0 Å². The summed E-state index contributed by atoms with van der Waals surface area (Å²) in [5.74, 6) is 0. The van der Waals surface area contributed by atoms with Crippen LogP contribution in [0.15, 0.2) is 0 Å². The van der Waals surface area contributed by atoms with E-state index in [0.29, 0.717) is 6.61 Å². The van der Waals surface area contributed by atoms with Gasteiger partial charge in [0.25, 0.3) is 0 Å². The van der Waals surface area contributed by atoms with Crippen LogP contribution in [-0.2, 0) is 9.39 Å². The van der Waals surface area contributed by atoms with E-state index in [-0.39, 0.29) is 6.79 Å². The zero-order chi connectivity index (χ0) is 17.0. The molecule has 5 heteroatoms. The molecule has 0 spiro atoms. The van der Waals surface area contributed by atoms with Crippen molar-refractivity contribution in [2.75, 3.05) is 13.4 Å². The van der Waals surface area contributed by atoms with Crippen LogP contribution < -0.4 is 0 Å². The van der Waals surface area contributed by atoms with Crippen LogP contribution in [0.4, 0.5) is 0 Å². The van der Waals surface area contributed by atoms with Gasteiger partial charge in [-0.3, -0.25) is 0 Å². The summed E-state index contributed by atoms with van der Waals surface area (Å²) in [6.07, 6.45) is 20.3. The van der Waals surface area contributed by atoms with E-state index in [1.807, 2.05) is 0 Å². The largest absolute Gasteiger partial charge is 0.635 e. The van der Waals surface area contributed by atoms with Crippen LogP contribution in [0.1, 0.15) is 103 Å². The van der Waals surface area contributed by atoms with Gasteiger partial charge in [0.05, 0.1) is 0 Å². The SMILES string of the molecule is CCCCCCCCCCCCCCCCCOCOB(O)O. The average Bonchev–Trinajstić information content (AvgIpc) is 2.53. The van der Waals surface area contributed by atoms with Gasteiger partial charge < -0.3 is 19.4 Å². The van der Waals surface area contributed by atoms with Gasteiger partial charge in [0.2, 0.25) is 0 Å². The van der Waals surface area contributed by atoms with Gasteiger partial charge in [0, 0.05) is 6.61 Å². The first kappa shape index (κ1) is 22.9. The van der Waals surface area contributed by atoms with E-state index in [0.717, 1.165) is 6.42 Å². The van der Waals surface area contributed by atoms with Gasteiger partial charge in [-0.2, -0.15) is 0 Å². The highest BCUT2D eigenvalue weighted by molar-refractivity contribution is 6.32. The molecule has 0 fully saturated rings. The third kappa shape index (κ3) is 21.9. The van der Waals surface area contributed by atoms with Crippen LogP contribution in [0.3, 0.4) is 0 Å². The van der Waals surface area contributed by atoms with Gasteiger partial charge in [-0.05, 0) is 6.42 Å². The second kappa shape index (κ2) is 20.0. The van der Waals surface area contributed by atoms with E-state index in [1.54, 1.807) is 0 Å². The monoisotopic (exact) mass is 330 g/mol. The zero-order valence-corrected chi connectivity index (χ0v) is 15.3. The molecule has 0 saturated carbocycles. The highest BCUT2D eigenvalue weighted by Crippen LogP contribution is 2.13. The first-order valence-corrected chi connectivity index (χ1v) is 9.83. The first-order chi connectivity index (χ1) is 11.3. The molecule has 138 valence electrons. The fourth-order valence-electron chi connectivity index (χ4n) is 2.74. The summed E-state index contributed by atoms with van der Waals surface area (Å²) in [6, 6.07) is 0. The molecule has 2 N–H and O–H groups in total. The third-order valence-corrected chi connectivity index (χ3v) is 4.19. The Bertz CT molecular complexity index is 215. The first-order valence-electron chi connectivity index (χ1n) is 9.83. The highest BCUT2D eigenvalue weighted by atomic mass is 16.7. The van der Waals surface area contributed by atoms with Gasteiger partial charge in [0.1, 0.15) is 6.79 Å². The minimum atomic E-state index is -1.73. The Labute approximate surface area is 144 Å². The smallest absolute Gasteiger partial charge is 0.402 e. The minimum Gasteiger partial charge on any atom is -0.402 e. The minimum absolute atomic E-state index is 0.0454. The van der Waals surface area contributed by atoms with Crippen molar-refractivity contribution in [1.29, 1.82) is 0 Å². The molecule has 0 aliphatic heterocycles. The third-order valence-electron chi connectivity index (χ3n) is 4.19. The van der Waals surface area contributed by atoms with Crippen molar-refractivity contribution in [2.45, 2.75) is 103 Å². The number of hydrogen-bond acceptors (Lipinski definition) is 4. The Morgan fingerprint density at radius 1 is 0.609 bits per heavy atom. The molecule has 4 nitrogen and oxygen atoms in total. The van der Waals surface area contributed by atoms with E-state index in [4.69, 9.17) is 14.8 Å². The lowest BCUT2D eigenvalue weighted by molar-refractivity contribution is -0.0121. The quantitative estimate of drug-likeness (QED) is 0.203. The van der Waals surface area contributed by atoms with Gasteiger partial charge >= 0.3 is 7.32 Å². The van der Waals surface area contributed by atoms with Gasteiger partial charge in [0.15, 0.2) is 0 Å². The summed E-state index contributed by atoms with van der Waals surface area (Å²) in [4.78, 5) is 0. The van der Waals surface area contributed by atoms with Crippen molar-refractivity contribution in [3.63, 3.8) is 0 Å². The molecule has 0 atom stereocenters. The fourth-order valence-corrected chi connectivity index (χ4v) is 2.74. The van der Waals surface area contributed by atoms with Crippen molar-refractivity contribution < 1.29 is 19.4 Å². The standard InChI is InChI=1S/C18H39BO4/c1-2-3-4-5-6-7-8-9-10-11-12-13-14-15-16-17-22-18-23-19(20)21/h20-21H,2-18H2,1H3. The summed E-state index contributed by atoms with van der Waals surface area (Å²) in [5, 5.41) is 16.9. The van der Waals surface area contributed by atoms with E-state index in [9.17, 15) is 0 Å². The van der Waals surface area contributed by atoms with Crippen molar-refractivity contribution in [2.24, 2.45) is 0 Å². The molecule has 0 bridgehead atoms. The summed E-state index contributed by atoms with van der Waals surface area (Å²) in [5.41, 5.74) is 0. The maximum absolute atomic E-state index is 8.44. The predicted octanol–water partition coefficient (Wildman–Crippen LogP) is 4.82. The molecule has 0 radical (unpaired) electrons. The fraction of sp³-hybridized carbons (Fsp3) is 1.00. The topological polar surface area (TPSA) is 58.9 Å². The Balaban J connectivity index is 2.95. The maximum Gasteiger partial charge on any atom is 0.635 e. The van der Waals surface area contributed by atoms with E-state index in [1.165, 1.54) is 89.9 Å². The molecule has 0 aliphatic rings. The van der Waals surface area contributed by atoms with Crippen LogP contribution in [0.5, 0.6) is 0 Å². The second-order valence-electron chi connectivity index (χ2n) is 6.47. The number of hydrogen-bond donors (Lipinski definition) is 2. The molecule has 0 heterocycles. The van der Waals surface area contributed by atoms with Gasteiger partial charge in [-0.15, -0.1) is 0 Å². The maximum atomic E-state index is 8.44. The van der Waals surface area contributed by atoms with Crippen LogP contribution in [0, 0.1) is 0 Å². The molecular weight excluding hydrogens is 291 g/mol. The van der Waals surface area contributed by atoms with E-state index in [2.05, 4.69) is 11.6 Å². The molecule has 0 unspecified atom stereocenters. The summed E-state index contributed by atoms with van der Waals surface area (Å²) in [6.45, 7) is 2.86. The average molecular weight is 330 g/mol. The lowest BCUT2D eigenvalue weighted by Gasteiger charge is -2.05. The van der Waals surface area contributed by atoms with Crippen molar-refractivity contribution in [3.8, 4) is 0 Å². The second-order valence-corrected chi connectivity index (χ2v) is 6.47. The molecule has 0 aliphatic carbocycles. The van der Waals surface area contributed by atoms with Gasteiger partial charge in [-0.1, -0.05) is 96.8 Å². The molecule has 0 aromatic rings. The molecule has 0 saturated heterocycles. The summed E-state index contributed by atoms with van der Waals surface area (Å²) >= 11 is 0. The number of unbranched alkanes of at least 4 members (excludes halogenated alkanes) is 14.